The quantitative estimate of drug-likeness (QED) is 0.816. The van der Waals surface area contributed by atoms with Gasteiger partial charge in [0, 0.05) is 30.2 Å². The number of para-hydroxylation sites is 1. The van der Waals surface area contributed by atoms with Gasteiger partial charge < -0.3 is 15.5 Å². The Morgan fingerprint density at radius 1 is 1.00 bits per heavy atom. The molecule has 0 saturated heterocycles. The summed E-state index contributed by atoms with van der Waals surface area (Å²) in [5, 5.41) is 0. The van der Waals surface area contributed by atoms with Gasteiger partial charge in [0.1, 0.15) is 6.04 Å². The Morgan fingerprint density at radius 2 is 1.73 bits per heavy atom. The first-order valence-corrected chi connectivity index (χ1v) is 9.20. The van der Waals surface area contributed by atoms with Gasteiger partial charge in [0.25, 0.3) is 0 Å². The van der Waals surface area contributed by atoms with Crippen molar-refractivity contribution in [1.29, 1.82) is 0 Å². The Labute approximate surface area is 161 Å². The van der Waals surface area contributed by atoms with Crippen LogP contribution in [-0.4, -0.2) is 25.0 Å². The van der Waals surface area contributed by atoms with Crippen molar-refractivity contribution in [3.05, 3.63) is 53.6 Å². The zero-order valence-corrected chi connectivity index (χ0v) is 16.0. The number of aryl methyl sites for hydroxylation is 1. The van der Waals surface area contributed by atoms with Crippen molar-refractivity contribution in [3.8, 4) is 0 Å². The van der Waals surface area contributed by atoms with Crippen LogP contribution < -0.4 is 15.5 Å². The van der Waals surface area contributed by atoms with Crippen LogP contribution in [0.5, 0.6) is 0 Å². The third-order valence-electron chi connectivity index (χ3n) is 5.52. The van der Waals surface area contributed by atoms with Crippen LogP contribution in [0.1, 0.15) is 30.9 Å². The number of rotatable bonds is 2. The van der Waals surface area contributed by atoms with Gasteiger partial charge in [0.15, 0.2) is 0 Å². The number of nitrogens with two attached hydrogens (primary N) is 1. The van der Waals surface area contributed by atoms with Crippen molar-refractivity contribution in [3.63, 3.8) is 0 Å². The standard InChI is InChI=1S/C21H25N3O.ClH/c1-15(23-13-6-9-17-18(22)10-4-12-20(17)23)21(25)24-14-5-8-16-7-2-3-11-19(16)24;/h2-4,7,10-12,15H,5-6,8-9,13-14,22H2,1H3;1H. The molecule has 0 aliphatic carbocycles. The van der Waals surface area contributed by atoms with E-state index < -0.39 is 0 Å². The molecule has 1 unspecified atom stereocenters. The summed E-state index contributed by atoms with van der Waals surface area (Å²) in [7, 11) is 0. The van der Waals surface area contributed by atoms with E-state index in [0.29, 0.717) is 0 Å². The molecular weight excluding hydrogens is 346 g/mol. The maximum atomic E-state index is 13.3. The highest BCUT2D eigenvalue weighted by Crippen LogP contribution is 2.34. The minimum absolute atomic E-state index is 0. The molecule has 0 spiro atoms. The molecule has 0 aromatic heterocycles. The van der Waals surface area contributed by atoms with Crippen LogP contribution in [-0.2, 0) is 17.6 Å². The van der Waals surface area contributed by atoms with Gasteiger partial charge in [0.05, 0.1) is 0 Å². The zero-order chi connectivity index (χ0) is 17.4. The zero-order valence-electron chi connectivity index (χ0n) is 15.1. The summed E-state index contributed by atoms with van der Waals surface area (Å²) in [6, 6.07) is 14.1. The second kappa shape index (κ2) is 7.58. The number of fused-ring (bicyclic) bond motifs is 2. The predicted molar refractivity (Wildman–Crippen MR) is 110 cm³/mol. The van der Waals surface area contributed by atoms with Gasteiger partial charge >= 0.3 is 0 Å². The summed E-state index contributed by atoms with van der Waals surface area (Å²) in [4.78, 5) is 17.5. The first-order chi connectivity index (χ1) is 12.2. The number of nitrogens with zero attached hydrogens (tertiary/aromatic N) is 2. The van der Waals surface area contributed by atoms with Gasteiger partial charge in [-0.15, -0.1) is 12.4 Å². The van der Waals surface area contributed by atoms with Crippen molar-refractivity contribution < 1.29 is 4.79 Å². The number of nitrogen functional groups attached to an aromatic ring is 1. The highest BCUT2D eigenvalue weighted by molar-refractivity contribution is 6.00. The molecular formula is C21H26ClN3O. The van der Waals surface area contributed by atoms with E-state index in [2.05, 4.69) is 29.2 Å². The summed E-state index contributed by atoms with van der Waals surface area (Å²) >= 11 is 0. The highest BCUT2D eigenvalue weighted by Gasteiger charge is 2.32. The smallest absolute Gasteiger partial charge is 0.249 e. The number of carbonyl (C=O) groups excluding carboxylic acids is 1. The molecule has 2 heterocycles. The fraction of sp³-hybridized carbons (Fsp3) is 0.381. The van der Waals surface area contributed by atoms with Gasteiger partial charge in [-0.1, -0.05) is 24.3 Å². The van der Waals surface area contributed by atoms with Gasteiger partial charge in [-0.3, -0.25) is 4.79 Å². The monoisotopic (exact) mass is 371 g/mol. The van der Waals surface area contributed by atoms with Crippen LogP contribution in [0, 0.1) is 0 Å². The van der Waals surface area contributed by atoms with Crippen molar-refractivity contribution in [2.75, 3.05) is 28.6 Å². The van der Waals surface area contributed by atoms with Crippen LogP contribution >= 0.6 is 12.4 Å². The molecule has 4 nitrogen and oxygen atoms in total. The molecule has 2 aromatic carbocycles. The second-order valence-corrected chi connectivity index (χ2v) is 7.04. The fourth-order valence-corrected chi connectivity index (χ4v) is 4.20. The van der Waals surface area contributed by atoms with Crippen molar-refractivity contribution in [1.82, 2.24) is 0 Å². The molecule has 26 heavy (non-hydrogen) atoms. The van der Waals surface area contributed by atoms with Crippen LogP contribution in [0.25, 0.3) is 0 Å². The third-order valence-corrected chi connectivity index (χ3v) is 5.52. The molecule has 0 saturated carbocycles. The Kier molecular flexibility index (Phi) is 5.42. The number of benzene rings is 2. The lowest BCUT2D eigenvalue weighted by molar-refractivity contribution is -0.119. The molecule has 0 radical (unpaired) electrons. The van der Waals surface area contributed by atoms with Crippen LogP contribution in [0.3, 0.4) is 0 Å². The lowest BCUT2D eigenvalue weighted by atomic mass is 9.97. The molecule has 2 N–H and O–H groups in total. The average Bonchev–Trinajstić information content (AvgIpc) is 2.66. The highest BCUT2D eigenvalue weighted by atomic mass is 35.5. The molecule has 5 heteroatoms. The Bertz CT molecular complexity index is 808. The molecule has 0 fully saturated rings. The van der Waals surface area contributed by atoms with E-state index in [4.69, 9.17) is 5.73 Å². The van der Waals surface area contributed by atoms with E-state index in [9.17, 15) is 4.79 Å². The summed E-state index contributed by atoms with van der Waals surface area (Å²) in [5.74, 6) is 0.183. The maximum absolute atomic E-state index is 13.3. The molecule has 1 atom stereocenters. The van der Waals surface area contributed by atoms with Crippen molar-refractivity contribution >= 4 is 35.4 Å². The SMILES string of the molecule is CC(C(=O)N1CCCc2ccccc21)N1CCCc2c(N)cccc21.Cl. The first kappa shape index (κ1) is 18.6. The second-order valence-electron chi connectivity index (χ2n) is 7.04. The van der Waals surface area contributed by atoms with E-state index in [0.717, 1.165) is 55.8 Å². The number of halogens is 1. The minimum Gasteiger partial charge on any atom is -0.398 e. The lowest BCUT2D eigenvalue weighted by Crippen LogP contribution is -2.50. The first-order valence-electron chi connectivity index (χ1n) is 9.20. The van der Waals surface area contributed by atoms with E-state index in [-0.39, 0.29) is 24.4 Å². The van der Waals surface area contributed by atoms with Gasteiger partial charge in [-0.05, 0) is 61.9 Å². The maximum Gasteiger partial charge on any atom is 0.249 e. The largest absolute Gasteiger partial charge is 0.398 e. The fourth-order valence-electron chi connectivity index (χ4n) is 4.20. The third kappa shape index (κ3) is 3.14. The van der Waals surface area contributed by atoms with E-state index in [1.807, 2.05) is 30.0 Å². The van der Waals surface area contributed by atoms with Crippen LogP contribution in [0.2, 0.25) is 0 Å². The van der Waals surface area contributed by atoms with E-state index in [1.54, 1.807) is 0 Å². The summed E-state index contributed by atoms with van der Waals surface area (Å²) in [6.45, 7) is 3.73. The van der Waals surface area contributed by atoms with Crippen LogP contribution in [0.4, 0.5) is 17.1 Å². The Morgan fingerprint density at radius 3 is 2.58 bits per heavy atom. The summed E-state index contributed by atoms with van der Waals surface area (Å²) < 4.78 is 0. The molecule has 0 bridgehead atoms. The van der Waals surface area contributed by atoms with Gasteiger partial charge in [-0.25, -0.2) is 0 Å². The van der Waals surface area contributed by atoms with E-state index in [1.165, 1.54) is 11.1 Å². The van der Waals surface area contributed by atoms with Gasteiger partial charge in [0.2, 0.25) is 5.91 Å². The van der Waals surface area contributed by atoms with Crippen molar-refractivity contribution in [2.24, 2.45) is 0 Å². The molecule has 2 aliphatic heterocycles. The minimum atomic E-state index is -0.188. The van der Waals surface area contributed by atoms with Crippen LogP contribution in [0.15, 0.2) is 42.5 Å². The number of anilines is 3. The van der Waals surface area contributed by atoms with E-state index >= 15 is 0 Å². The number of carbonyl (C=O) groups is 1. The van der Waals surface area contributed by atoms with Crippen molar-refractivity contribution in [2.45, 2.75) is 38.6 Å². The normalized spacial score (nSPS) is 17.0. The van der Waals surface area contributed by atoms with Gasteiger partial charge in [-0.2, -0.15) is 0 Å². The molecule has 1 amide bonds. The predicted octanol–water partition coefficient (Wildman–Crippen LogP) is 3.81. The lowest BCUT2D eigenvalue weighted by Gasteiger charge is -2.39. The molecule has 4 rings (SSSR count). The molecule has 2 aromatic rings. The summed E-state index contributed by atoms with van der Waals surface area (Å²) in [6.07, 6.45) is 4.11. The summed E-state index contributed by atoms with van der Waals surface area (Å²) in [5.41, 5.74) is 11.7. The Hall–Kier alpha value is -2.20. The molecule has 2 aliphatic rings. The number of hydrogen-bond donors (Lipinski definition) is 1. The average molecular weight is 372 g/mol. The topological polar surface area (TPSA) is 49.6 Å². The molecule has 138 valence electrons. The number of hydrogen-bond acceptors (Lipinski definition) is 3. The number of amides is 1. The Balaban J connectivity index is 0.00000196.